The molecule has 23 heavy (non-hydrogen) atoms. The number of aromatic nitrogens is 2. The van der Waals surface area contributed by atoms with E-state index in [1.165, 1.54) is 23.1 Å². The van der Waals surface area contributed by atoms with Gasteiger partial charge in [-0.1, -0.05) is 29.2 Å². The van der Waals surface area contributed by atoms with E-state index in [9.17, 15) is 0 Å². The minimum absolute atomic E-state index is 0.123. The van der Waals surface area contributed by atoms with Gasteiger partial charge in [0.05, 0.1) is 25.5 Å². The van der Waals surface area contributed by atoms with E-state index >= 15 is 0 Å². The van der Waals surface area contributed by atoms with E-state index in [1.807, 2.05) is 25.1 Å². The smallest absolute Gasteiger partial charge is 0.206 e. The molecule has 1 heterocycles. The number of benzene rings is 1. The first kappa shape index (κ1) is 17.4. The van der Waals surface area contributed by atoms with E-state index in [2.05, 4.69) is 21.6 Å². The van der Waals surface area contributed by atoms with Crippen LogP contribution in [0.4, 0.5) is 5.13 Å². The molecule has 1 N–H and O–H groups in total. The number of hydrogen-bond acceptors (Lipinski definition) is 8. The molecular weight excluding hydrogens is 332 g/mol. The van der Waals surface area contributed by atoms with Crippen LogP contribution >= 0.6 is 23.1 Å². The van der Waals surface area contributed by atoms with E-state index in [1.54, 1.807) is 14.2 Å². The normalized spacial score (nSPS) is 11.6. The second-order valence-corrected chi connectivity index (χ2v) is 7.19. The molecule has 122 valence electrons. The van der Waals surface area contributed by atoms with Crippen molar-refractivity contribution in [3.63, 3.8) is 0 Å². The molecule has 1 aromatic carbocycles. The van der Waals surface area contributed by atoms with Crippen LogP contribution in [0.2, 0.25) is 0 Å². The predicted molar refractivity (Wildman–Crippen MR) is 92.6 cm³/mol. The quantitative estimate of drug-likeness (QED) is 0.732. The highest BCUT2D eigenvalue weighted by Crippen LogP contribution is 2.29. The van der Waals surface area contributed by atoms with Crippen molar-refractivity contribution in [2.24, 2.45) is 0 Å². The van der Waals surface area contributed by atoms with Gasteiger partial charge in [0.1, 0.15) is 0 Å². The number of anilines is 1. The summed E-state index contributed by atoms with van der Waals surface area (Å²) in [4.78, 5) is 0. The molecule has 2 aromatic rings. The van der Waals surface area contributed by atoms with Gasteiger partial charge in [-0.2, -0.15) is 5.26 Å². The van der Waals surface area contributed by atoms with Crippen LogP contribution in [-0.2, 0) is 6.42 Å². The lowest BCUT2D eigenvalue weighted by Crippen LogP contribution is -2.04. The zero-order chi connectivity index (χ0) is 16.7. The highest BCUT2D eigenvalue weighted by atomic mass is 32.2. The number of nitrogens with zero attached hydrogens (tertiary/aromatic N) is 3. The van der Waals surface area contributed by atoms with E-state index in [0.29, 0.717) is 0 Å². The summed E-state index contributed by atoms with van der Waals surface area (Å²) in [5.74, 6) is 1.45. The Morgan fingerprint density at radius 2 is 2.09 bits per heavy atom. The van der Waals surface area contributed by atoms with Crippen molar-refractivity contribution < 1.29 is 9.47 Å². The highest BCUT2D eigenvalue weighted by molar-refractivity contribution is 8.01. The summed E-state index contributed by atoms with van der Waals surface area (Å²) in [6.07, 6.45) is 0.830. The minimum atomic E-state index is -0.123. The number of methoxy groups -OCH3 is 2. The van der Waals surface area contributed by atoms with Crippen molar-refractivity contribution >= 4 is 28.2 Å². The molecule has 0 aliphatic heterocycles. The van der Waals surface area contributed by atoms with Gasteiger partial charge < -0.3 is 14.8 Å². The second-order valence-electron chi connectivity index (χ2n) is 4.63. The largest absolute Gasteiger partial charge is 0.493 e. The van der Waals surface area contributed by atoms with Crippen molar-refractivity contribution in [1.82, 2.24) is 10.2 Å². The Balaban J connectivity index is 1.87. The summed E-state index contributed by atoms with van der Waals surface area (Å²) in [5.41, 5.74) is 1.15. The SMILES string of the molecule is COc1ccc(CCNc2nnc(SC(C)C#N)s2)cc1OC. The van der Waals surface area contributed by atoms with Crippen LogP contribution in [0.1, 0.15) is 12.5 Å². The highest BCUT2D eigenvalue weighted by Gasteiger charge is 2.09. The number of thioether (sulfide) groups is 1. The number of ether oxygens (including phenoxy) is 2. The van der Waals surface area contributed by atoms with Gasteiger partial charge in [0.15, 0.2) is 15.8 Å². The molecule has 0 bridgehead atoms. The fraction of sp³-hybridized carbons (Fsp3) is 0.400. The lowest BCUT2D eigenvalue weighted by Gasteiger charge is -2.09. The Hall–Kier alpha value is -1.98. The van der Waals surface area contributed by atoms with Gasteiger partial charge in [-0.3, -0.25) is 0 Å². The Labute approximate surface area is 143 Å². The van der Waals surface area contributed by atoms with Crippen LogP contribution in [0, 0.1) is 11.3 Å². The van der Waals surface area contributed by atoms with Gasteiger partial charge in [-0.15, -0.1) is 10.2 Å². The van der Waals surface area contributed by atoms with Crippen LogP contribution in [0.3, 0.4) is 0 Å². The number of nitrogens with one attached hydrogen (secondary N) is 1. The van der Waals surface area contributed by atoms with Crippen LogP contribution < -0.4 is 14.8 Å². The van der Waals surface area contributed by atoms with Gasteiger partial charge >= 0.3 is 0 Å². The molecule has 0 radical (unpaired) electrons. The average molecular weight is 350 g/mol. The topological polar surface area (TPSA) is 80.1 Å². The molecule has 0 amide bonds. The third-order valence-corrected chi connectivity index (χ3v) is 4.96. The van der Waals surface area contributed by atoms with Crippen molar-refractivity contribution in [1.29, 1.82) is 5.26 Å². The van der Waals surface area contributed by atoms with Crippen LogP contribution in [0.25, 0.3) is 0 Å². The van der Waals surface area contributed by atoms with Crippen molar-refractivity contribution in [3.05, 3.63) is 23.8 Å². The molecule has 0 saturated heterocycles. The van der Waals surface area contributed by atoms with Gasteiger partial charge in [0, 0.05) is 6.54 Å². The van der Waals surface area contributed by atoms with Crippen LogP contribution in [-0.4, -0.2) is 36.2 Å². The van der Waals surface area contributed by atoms with Gasteiger partial charge in [0.25, 0.3) is 0 Å². The third-order valence-electron chi connectivity index (χ3n) is 3.00. The summed E-state index contributed by atoms with van der Waals surface area (Å²) in [5, 5.41) is 20.8. The Bertz CT molecular complexity index is 684. The van der Waals surface area contributed by atoms with Crippen LogP contribution in [0.5, 0.6) is 11.5 Å². The second kappa shape index (κ2) is 8.60. The summed E-state index contributed by atoms with van der Waals surface area (Å²) in [6.45, 7) is 2.58. The van der Waals surface area contributed by atoms with Gasteiger partial charge in [0.2, 0.25) is 5.13 Å². The molecule has 0 saturated carbocycles. The molecule has 0 spiro atoms. The molecule has 1 aromatic heterocycles. The Morgan fingerprint density at radius 3 is 2.78 bits per heavy atom. The van der Waals surface area contributed by atoms with E-state index in [0.717, 1.165) is 39.5 Å². The summed E-state index contributed by atoms with van der Waals surface area (Å²) < 4.78 is 11.3. The maximum absolute atomic E-state index is 8.80. The number of rotatable bonds is 8. The predicted octanol–water partition coefficient (Wildman–Crippen LogP) is 3.21. The van der Waals surface area contributed by atoms with Crippen molar-refractivity contribution in [2.45, 2.75) is 22.9 Å². The zero-order valence-corrected chi connectivity index (χ0v) is 14.8. The van der Waals surface area contributed by atoms with Gasteiger partial charge in [-0.05, 0) is 31.0 Å². The summed E-state index contributed by atoms with van der Waals surface area (Å²) >= 11 is 2.88. The maximum atomic E-state index is 8.80. The first-order chi connectivity index (χ1) is 11.2. The first-order valence-corrected chi connectivity index (χ1v) is 8.70. The molecule has 0 aliphatic rings. The van der Waals surface area contributed by atoms with Crippen molar-refractivity contribution in [3.8, 4) is 17.6 Å². The summed E-state index contributed by atoms with van der Waals surface area (Å²) in [7, 11) is 3.25. The lowest BCUT2D eigenvalue weighted by molar-refractivity contribution is 0.354. The summed E-state index contributed by atoms with van der Waals surface area (Å²) in [6, 6.07) is 8.05. The molecule has 1 unspecified atom stereocenters. The Morgan fingerprint density at radius 1 is 1.30 bits per heavy atom. The number of nitriles is 1. The number of hydrogen-bond donors (Lipinski definition) is 1. The first-order valence-electron chi connectivity index (χ1n) is 7.00. The van der Waals surface area contributed by atoms with Gasteiger partial charge in [-0.25, -0.2) is 0 Å². The van der Waals surface area contributed by atoms with E-state index < -0.39 is 0 Å². The minimum Gasteiger partial charge on any atom is -0.493 e. The third kappa shape index (κ3) is 5.01. The molecule has 8 heteroatoms. The van der Waals surface area contributed by atoms with Crippen LogP contribution in [0.15, 0.2) is 22.5 Å². The molecule has 6 nitrogen and oxygen atoms in total. The monoisotopic (exact) mass is 350 g/mol. The van der Waals surface area contributed by atoms with E-state index in [4.69, 9.17) is 14.7 Å². The molecular formula is C15H18N4O2S2. The zero-order valence-electron chi connectivity index (χ0n) is 13.2. The fourth-order valence-corrected chi connectivity index (χ4v) is 3.66. The molecule has 2 rings (SSSR count). The van der Waals surface area contributed by atoms with E-state index in [-0.39, 0.29) is 5.25 Å². The maximum Gasteiger partial charge on any atom is 0.206 e. The average Bonchev–Trinajstić information content (AvgIpc) is 3.01. The standard InChI is InChI=1S/C15H18N4O2S2/c1-10(9-16)22-15-19-18-14(23-15)17-7-6-11-4-5-12(20-2)13(8-11)21-3/h4-5,8,10H,6-7H2,1-3H3,(H,17,18). The lowest BCUT2D eigenvalue weighted by atomic mass is 10.1. The Kier molecular flexibility index (Phi) is 6.50. The molecule has 1 atom stereocenters. The van der Waals surface area contributed by atoms with Crippen molar-refractivity contribution in [2.75, 3.05) is 26.1 Å². The molecule has 0 fully saturated rings. The fourth-order valence-electron chi connectivity index (χ4n) is 1.86. The molecule has 0 aliphatic carbocycles.